The molecule has 1 amide bonds. The van der Waals surface area contributed by atoms with Gasteiger partial charge in [-0.2, -0.15) is 0 Å². The molecule has 0 aromatic heterocycles. The van der Waals surface area contributed by atoms with E-state index in [4.69, 9.17) is 4.74 Å². The highest BCUT2D eigenvalue weighted by atomic mass is 16.5. The van der Waals surface area contributed by atoms with Crippen LogP contribution in [0.15, 0.2) is 24.3 Å². The fourth-order valence-corrected chi connectivity index (χ4v) is 1.23. The van der Waals surface area contributed by atoms with Gasteiger partial charge in [0.05, 0.1) is 13.0 Å². The van der Waals surface area contributed by atoms with Crippen molar-refractivity contribution in [2.24, 2.45) is 0 Å². The summed E-state index contributed by atoms with van der Waals surface area (Å²) < 4.78 is 5.32. The summed E-state index contributed by atoms with van der Waals surface area (Å²) in [5.41, 5.74) is 0. The van der Waals surface area contributed by atoms with Gasteiger partial charge in [0.2, 0.25) is 5.91 Å². The van der Waals surface area contributed by atoms with E-state index < -0.39 is 0 Å². The average Bonchev–Trinajstić information content (AvgIpc) is 2.16. The van der Waals surface area contributed by atoms with E-state index >= 15 is 0 Å². The third kappa shape index (κ3) is 4.68. The number of nitrogens with one attached hydrogen (secondary N) is 1. The van der Waals surface area contributed by atoms with Crippen molar-refractivity contribution < 1.29 is 14.6 Å². The van der Waals surface area contributed by atoms with Crippen LogP contribution in [0.1, 0.15) is 20.3 Å². The standard InChI is InChI=1S/C12H17NO3/c1-9(2)13-12(15)6-7-16-11-5-3-4-10(14)8-11/h3-5,8-9,14H,6-7H2,1-2H3,(H,13,15). The molecule has 0 atom stereocenters. The first-order valence-corrected chi connectivity index (χ1v) is 5.29. The highest BCUT2D eigenvalue weighted by Crippen LogP contribution is 2.17. The minimum Gasteiger partial charge on any atom is -0.508 e. The minimum atomic E-state index is -0.0323. The van der Waals surface area contributed by atoms with E-state index in [1.54, 1.807) is 18.2 Å². The average molecular weight is 223 g/mol. The maximum Gasteiger partial charge on any atom is 0.223 e. The van der Waals surface area contributed by atoms with Gasteiger partial charge in [0.1, 0.15) is 11.5 Å². The summed E-state index contributed by atoms with van der Waals surface area (Å²) >= 11 is 0. The Bertz CT molecular complexity index is 350. The lowest BCUT2D eigenvalue weighted by molar-refractivity contribution is -0.122. The van der Waals surface area contributed by atoms with E-state index in [-0.39, 0.29) is 17.7 Å². The van der Waals surface area contributed by atoms with Crippen LogP contribution in [-0.2, 0) is 4.79 Å². The smallest absolute Gasteiger partial charge is 0.223 e. The molecule has 4 nitrogen and oxygen atoms in total. The molecule has 1 rings (SSSR count). The molecular formula is C12H17NO3. The topological polar surface area (TPSA) is 58.6 Å². The second-order valence-corrected chi connectivity index (χ2v) is 3.82. The Morgan fingerprint density at radius 2 is 2.25 bits per heavy atom. The van der Waals surface area contributed by atoms with Crippen LogP contribution in [-0.4, -0.2) is 23.7 Å². The first-order chi connectivity index (χ1) is 7.58. The summed E-state index contributed by atoms with van der Waals surface area (Å²) in [6.45, 7) is 4.13. The zero-order valence-electron chi connectivity index (χ0n) is 9.56. The molecule has 0 heterocycles. The summed E-state index contributed by atoms with van der Waals surface area (Å²) in [7, 11) is 0. The largest absolute Gasteiger partial charge is 0.508 e. The number of amides is 1. The van der Waals surface area contributed by atoms with Crippen LogP contribution in [0, 0.1) is 0 Å². The third-order valence-corrected chi connectivity index (χ3v) is 1.87. The molecule has 0 bridgehead atoms. The van der Waals surface area contributed by atoms with Gasteiger partial charge >= 0.3 is 0 Å². The molecule has 0 saturated heterocycles. The highest BCUT2D eigenvalue weighted by Gasteiger charge is 2.03. The minimum absolute atomic E-state index is 0.0323. The molecule has 2 N–H and O–H groups in total. The molecule has 16 heavy (non-hydrogen) atoms. The van der Waals surface area contributed by atoms with E-state index in [1.807, 2.05) is 13.8 Å². The van der Waals surface area contributed by atoms with E-state index in [0.717, 1.165) is 0 Å². The lowest BCUT2D eigenvalue weighted by Crippen LogP contribution is -2.31. The predicted octanol–water partition coefficient (Wildman–Crippen LogP) is 1.69. The number of benzene rings is 1. The lowest BCUT2D eigenvalue weighted by atomic mass is 10.3. The number of aromatic hydroxyl groups is 1. The number of hydrogen-bond acceptors (Lipinski definition) is 3. The van der Waals surface area contributed by atoms with Crippen molar-refractivity contribution in [2.75, 3.05) is 6.61 Å². The van der Waals surface area contributed by atoms with Gasteiger partial charge in [0, 0.05) is 12.1 Å². The van der Waals surface area contributed by atoms with Crippen LogP contribution in [0.3, 0.4) is 0 Å². The van der Waals surface area contributed by atoms with E-state index in [9.17, 15) is 9.90 Å². The number of ether oxygens (including phenoxy) is 1. The van der Waals surface area contributed by atoms with Crippen LogP contribution in [0.5, 0.6) is 11.5 Å². The maximum atomic E-state index is 11.3. The Balaban J connectivity index is 2.28. The third-order valence-electron chi connectivity index (χ3n) is 1.87. The number of carbonyl (C=O) groups is 1. The van der Waals surface area contributed by atoms with Crippen molar-refractivity contribution in [3.05, 3.63) is 24.3 Å². The van der Waals surface area contributed by atoms with Gasteiger partial charge in [-0.15, -0.1) is 0 Å². The number of phenols is 1. The summed E-state index contributed by atoms with van der Waals surface area (Å²) in [6.07, 6.45) is 0.313. The summed E-state index contributed by atoms with van der Waals surface area (Å²) in [5, 5.41) is 12.0. The van der Waals surface area contributed by atoms with Crippen molar-refractivity contribution >= 4 is 5.91 Å². The molecule has 0 spiro atoms. The maximum absolute atomic E-state index is 11.3. The van der Waals surface area contributed by atoms with Crippen LogP contribution >= 0.6 is 0 Å². The first kappa shape index (κ1) is 12.4. The Morgan fingerprint density at radius 3 is 2.88 bits per heavy atom. The zero-order valence-corrected chi connectivity index (χ0v) is 9.56. The molecular weight excluding hydrogens is 206 g/mol. The Labute approximate surface area is 95.2 Å². The Morgan fingerprint density at radius 1 is 1.50 bits per heavy atom. The number of carbonyl (C=O) groups excluding carboxylic acids is 1. The van der Waals surface area contributed by atoms with Gasteiger partial charge in [-0.3, -0.25) is 4.79 Å². The van der Waals surface area contributed by atoms with E-state index in [0.29, 0.717) is 18.8 Å². The summed E-state index contributed by atoms with van der Waals surface area (Å²) in [5.74, 6) is 0.691. The van der Waals surface area contributed by atoms with Crippen molar-refractivity contribution in [3.8, 4) is 11.5 Å². The molecule has 88 valence electrons. The Hall–Kier alpha value is -1.71. The number of rotatable bonds is 5. The molecule has 1 aromatic carbocycles. The molecule has 0 aliphatic rings. The molecule has 0 fully saturated rings. The molecule has 0 unspecified atom stereocenters. The SMILES string of the molecule is CC(C)NC(=O)CCOc1cccc(O)c1. The van der Waals surface area contributed by atoms with Crippen molar-refractivity contribution in [1.82, 2.24) is 5.32 Å². The van der Waals surface area contributed by atoms with Gasteiger partial charge in [-0.25, -0.2) is 0 Å². The second-order valence-electron chi connectivity index (χ2n) is 3.82. The number of hydrogen-bond donors (Lipinski definition) is 2. The van der Waals surface area contributed by atoms with Gasteiger partial charge in [0.15, 0.2) is 0 Å². The molecule has 1 aromatic rings. The van der Waals surface area contributed by atoms with Crippen molar-refractivity contribution in [2.45, 2.75) is 26.3 Å². The molecule has 0 aliphatic carbocycles. The van der Waals surface area contributed by atoms with Gasteiger partial charge < -0.3 is 15.2 Å². The fourth-order valence-electron chi connectivity index (χ4n) is 1.23. The molecule has 0 saturated carbocycles. The fraction of sp³-hybridized carbons (Fsp3) is 0.417. The van der Waals surface area contributed by atoms with Crippen LogP contribution in [0.25, 0.3) is 0 Å². The highest BCUT2D eigenvalue weighted by molar-refractivity contribution is 5.76. The van der Waals surface area contributed by atoms with E-state index in [2.05, 4.69) is 5.32 Å². The zero-order chi connectivity index (χ0) is 12.0. The van der Waals surface area contributed by atoms with Gasteiger partial charge in [-0.05, 0) is 26.0 Å². The summed E-state index contributed by atoms with van der Waals surface area (Å²) in [4.78, 5) is 11.3. The van der Waals surface area contributed by atoms with Gasteiger partial charge in [0.25, 0.3) is 0 Å². The second kappa shape index (κ2) is 6.00. The van der Waals surface area contributed by atoms with Gasteiger partial charge in [-0.1, -0.05) is 6.07 Å². The Kier molecular flexibility index (Phi) is 4.64. The van der Waals surface area contributed by atoms with E-state index in [1.165, 1.54) is 6.07 Å². The predicted molar refractivity (Wildman–Crippen MR) is 61.5 cm³/mol. The monoisotopic (exact) mass is 223 g/mol. The van der Waals surface area contributed by atoms with Crippen molar-refractivity contribution in [1.29, 1.82) is 0 Å². The van der Waals surface area contributed by atoms with Crippen LogP contribution in [0.2, 0.25) is 0 Å². The lowest BCUT2D eigenvalue weighted by Gasteiger charge is -2.09. The first-order valence-electron chi connectivity index (χ1n) is 5.29. The van der Waals surface area contributed by atoms with Crippen LogP contribution in [0.4, 0.5) is 0 Å². The normalized spacial score (nSPS) is 10.2. The molecule has 0 aliphatic heterocycles. The van der Waals surface area contributed by atoms with Crippen molar-refractivity contribution in [3.63, 3.8) is 0 Å². The quantitative estimate of drug-likeness (QED) is 0.798. The molecule has 0 radical (unpaired) electrons. The molecule has 4 heteroatoms. The van der Waals surface area contributed by atoms with Crippen LogP contribution < -0.4 is 10.1 Å². The summed E-state index contributed by atoms with van der Waals surface area (Å²) in [6, 6.07) is 6.66. The number of phenolic OH excluding ortho intramolecular Hbond substituents is 1.